The van der Waals surface area contributed by atoms with Gasteiger partial charge in [-0.05, 0) is 44.2 Å². The Morgan fingerprint density at radius 1 is 1.08 bits per heavy atom. The molecule has 5 unspecified atom stereocenters. The van der Waals surface area contributed by atoms with Gasteiger partial charge in [0, 0.05) is 36.6 Å². The number of nitrogens with zero attached hydrogens (tertiary/aromatic N) is 2. The minimum atomic E-state index is -1.15. The maximum Gasteiger partial charge on any atom is 0.326 e. The van der Waals surface area contributed by atoms with Gasteiger partial charge in [0.25, 0.3) is 0 Å². The number of benzene rings is 1. The molecule has 11 nitrogen and oxygen atoms in total. The second kappa shape index (κ2) is 10.7. The Balaban J connectivity index is 1.58. The number of carbonyl (C=O) groups is 4. The summed E-state index contributed by atoms with van der Waals surface area (Å²) in [5, 5.41) is 23.1. The number of rotatable bonds is 8. The van der Waals surface area contributed by atoms with Crippen LogP contribution in [0.3, 0.4) is 0 Å². The molecule has 0 bridgehead atoms. The van der Waals surface area contributed by atoms with Crippen molar-refractivity contribution in [2.24, 2.45) is 5.73 Å². The molecule has 0 radical (unpaired) electrons. The van der Waals surface area contributed by atoms with E-state index in [0.717, 1.165) is 16.5 Å². The molecule has 2 saturated heterocycles. The highest BCUT2D eigenvalue weighted by Crippen LogP contribution is 2.24. The summed E-state index contributed by atoms with van der Waals surface area (Å²) >= 11 is 0. The van der Waals surface area contributed by atoms with Crippen molar-refractivity contribution in [1.29, 1.82) is 0 Å². The van der Waals surface area contributed by atoms with Crippen molar-refractivity contribution in [3.63, 3.8) is 0 Å². The molecule has 5 atom stereocenters. The first-order chi connectivity index (χ1) is 17.2. The van der Waals surface area contributed by atoms with Gasteiger partial charge in [0.15, 0.2) is 0 Å². The van der Waals surface area contributed by atoms with Crippen molar-refractivity contribution < 1.29 is 29.4 Å². The van der Waals surface area contributed by atoms with Crippen molar-refractivity contribution >= 4 is 34.6 Å². The number of para-hydroxylation sites is 1. The van der Waals surface area contributed by atoms with Gasteiger partial charge in [-0.1, -0.05) is 18.2 Å². The zero-order valence-electron chi connectivity index (χ0n) is 20.2. The second-order valence-electron chi connectivity index (χ2n) is 9.61. The summed E-state index contributed by atoms with van der Waals surface area (Å²) in [4.78, 5) is 57.3. The number of H-pyrrole nitrogens is 1. The largest absolute Gasteiger partial charge is 0.480 e. The van der Waals surface area contributed by atoms with Crippen LogP contribution in [0.2, 0.25) is 0 Å². The zero-order chi connectivity index (χ0) is 26.0. The summed E-state index contributed by atoms with van der Waals surface area (Å²) in [5.41, 5.74) is 7.52. The van der Waals surface area contributed by atoms with E-state index in [1.807, 2.05) is 24.3 Å². The van der Waals surface area contributed by atoms with E-state index >= 15 is 0 Å². The first-order valence-corrected chi connectivity index (χ1v) is 12.3. The third-order valence-electron chi connectivity index (χ3n) is 7.18. The number of fused-ring (bicyclic) bond motifs is 1. The summed E-state index contributed by atoms with van der Waals surface area (Å²) in [7, 11) is 0. The Morgan fingerprint density at radius 3 is 2.39 bits per heavy atom. The molecule has 0 spiro atoms. The minimum Gasteiger partial charge on any atom is -0.480 e. The number of aliphatic hydroxyl groups is 1. The average molecular weight is 500 g/mol. The first-order valence-electron chi connectivity index (χ1n) is 12.3. The number of nitrogens with two attached hydrogens (primary N) is 1. The first kappa shape index (κ1) is 25.6. The third kappa shape index (κ3) is 5.07. The van der Waals surface area contributed by atoms with E-state index in [2.05, 4.69) is 10.3 Å². The van der Waals surface area contributed by atoms with Crippen LogP contribution in [0.25, 0.3) is 10.9 Å². The summed E-state index contributed by atoms with van der Waals surface area (Å²) in [6.45, 7) is 2.04. The zero-order valence-corrected chi connectivity index (χ0v) is 20.2. The molecule has 36 heavy (non-hydrogen) atoms. The standard InChI is InChI=1S/C25H33N5O6/c1-14(31)21(26)24(34)29-10-4-8-19(29)22(32)28-18(23(33)30-11-5-9-20(30)25(35)36)12-15-13-27-17-7-3-2-6-16(15)17/h2-3,6-7,13-14,18-21,27,31H,4-5,8-12,26H2,1H3,(H,28,32)(H,35,36). The Labute approximate surface area is 208 Å². The number of aliphatic carboxylic acids is 1. The summed E-state index contributed by atoms with van der Waals surface area (Å²) in [5.74, 6) is -2.55. The molecular weight excluding hydrogens is 466 g/mol. The highest BCUT2D eigenvalue weighted by molar-refractivity contribution is 5.95. The highest BCUT2D eigenvalue weighted by atomic mass is 16.4. The van der Waals surface area contributed by atoms with E-state index in [1.54, 1.807) is 6.20 Å². The number of amides is 3. The quantitative estimate of drug-likeness (QED) is 0.340. The van der Waals surface area contributed by atoms with Crippen LogP contribution in [-0.4, -0.2) is 92.0 Å². The molecule has 1 aromatic carbocycles. The Hall–Kier alpha value is -3.44. The lowest BCUT2D eigenvalue weighted by Crippen LogP contribution is -2.58. The number of carboxylic acids is 1. The molecule has 3 amide bonds. The maximum absolute atomic E-state index is 13.6. The fourth-order valence-electron chi connectivity index (χ4n) is 5.18. The monoisotopic (exact) mass is 499 g/mol. The van der Waals surface area contributed by atoms with Gasteiger partial charge in [-0.15, -0.1) is 0 Å². The molecule has 2 aromatic rings. The number of aliphatic hydroxyl groups excluding tert-OH is 1. The summed E-state index contributed by atoms with van der Waals surface area (Å²) in [6, 6.07) is 3.66. The predicted octanol–water partition coefficient (Wildman–Crippen LogP) is -0.0301. The van der Waals surface area contributed by atoms with Gasteiger partial charge in [-0.25, -0.2) is 4.79 Å². The Kier molecular flexibility index (Phi) is 7.60. The topological polar surface area (TPSA) is 169 Å². The van der Waals surface area contributed by atoms with Crippen LogP contribution in [0.1, 0.15) is 38.2 Å². The van der Waals surface area contributed by atoms with E-state index in [0.29, 0.717) is 38.8 Å². The lowest BCUT2D eigenvalue weighted by molar-refractivity contribution is -0.149. The van der Waals surface area contributed by atoms with E-state index in [9.17, 15) is 29.4 Å². The molecule has 0 saturated carbocycles. The number of aromatic nitrogens is 1. The summed E-state index contributed by atoms with van der Waals surface area (Å²) in [6.07, 6.45) is 2.79. The fourth-order valence-corrected chi connectivity index (χ4v) is 5.18. The lowest BCUT2D eigenvalue weighted by Gasteiger charge is -2.31. The van der Waals surface area contributed by atoms with E-state index in [4.69, 9.17) is 5.73 Å². The van der Waals surface area contributed by atoms with Crippen LogP contribution >= 0.6 is 0 Å². The van der Waals surface area contributed by atoms with Gasteiger partial charge in [-0.3, -0.25) is 14.4 Å². The molecule has 3 heterocycles. The van der Waals surface area contributed by atoms with Crippen LogP contribution in [0.5, 0.6) is 0 Å². The molecule has 6 N–H and O–H groups in total. The predicted molar refractivity (Wildman–Crippen MR) is 131 cm³/mol. The number of aromatic amines is 1. The minimum absolute atomic E-state index is 0.158. The molecule has 194 valence electrons. The maximum atomic E-state index is 13.6. The smallest absolute Gasteiger partial charge is 0.326 e. The van der Waals surface area contributed by atoms with Crippen LogP contribution in [0.15, 0.2) is 30.5 Å². The summed E-state index contributed by atoms with van der Waals surface area (Å²) < 4.78 is 0. The number of carbonyl (C=O) groups excluding carboxylic acids is 3. The van der Waals surface area contributed by atoms with Gasteiger partial charge >= 0.3 is 5.97 Å². The van der Waals surface area contributed by atoms with E-state index in [1.165, 1.54) is 16.7 Å². The molecule has 1 aromatic heterocycles. The van der Waals surface area contributed by atoms with Crippen molar-refractivity contribution in [3.05, 3.63) is 36.0 Å². The second-order valence-corrected chi connectivity index (χ2v) is 9.61. The van der Waals surface area contributed by atoms with Gasteiger partial charge in [0.2, 0.25) is 17.7 Å². The van der Waals surface area contributed by atoms with Gasteiger partial charge in [0.05, 0.1) is 6.10 Å². The van der Waals surface area contributed by atoms with Crippen molar-refractivity contribution in [1.82, 2.24) is 20.1 Å². The number of hydrogen-bond donors (Lipinski definition) is 5. The van der Waals surface area contributed by atoms with E-state index < -0.39 is 54.0 Å². The van der Waals surface area contributed by atoms with Gasteiger partial charge < -0.3 is 36.0 Å². The van der Waals surface area contributed by atoms with Crippen LogP contribution in [0.4, 0.5) is 0 Å². The number of nitrogens with one attached hydrogen (secondary N) is 2. The molecule has 2 aliphatic rings. The molecule has 11 heteroatoms. The highest BCUT2D eigenvalue weighted by Gasteiger charge is 2.41. The van der Waals surface area contributed by atoms with Crippen LogP contribution in [-0.2, 0) is 25.6 Å². The lowest BCUT2D eigenvalue weighted by atomic mass is 10.0. The SMILES string of the molecule is CC(O)C(N)C(=O)N1CCCC1C(=O)NC(Cc1c[nH]c2ccccc12)C(=O)N1CCCC1C(=O)O. The number of likely N-dealkylation sites (tertiary alicyclic amines) is 2. The molecular formula is C25H33N5O6. The van der Waals surface area contributed by atoms with Gasteiger partial charge in [0.1, 0.15) is 24.2 Å². The van der Waals surface area contributed by atoms with Crippen LogP contribution < -0.4 is 11.1 Å². The van der Waals surface area contributed by atoms with Crippen molar-refractivity contribution in [2.75, 3.05) is 13.1 Å². The van der Waals surface area contributed by atoms with Crippen LogP contribution in [0, 0.1) is 0 Å². The van der Waals surface area contributed by atoms with Gasteiger partial charge in [-0.2, -0.15) is 0 Å². The van der Waals surface area contributed by atoms with Crippen molar-refractivity contribution in [3.8, 4) is 0 Å². The Bertz CT molecular complexity index is 1150. The number of carboxylic acid groups (broad SMARTS) is 1. The molecule has 2 fully saturated rings. The average Bonchev–Trinajstić information content (AvgIpc) is 3.62. The van der Waals surface area contributed by atoms with Crippen molar-refractivity contribution in [2.45, 2.75) is 69.3 Å². The normalized spacial score (nSPS) is 22.4. The van der Waals surface area contributed by atoms with E-state index in [-0.39, 0.29) is 6.42 Å². The third-order valence-corrected chi connectivity index (χ3v) is 7.18. The Morgan fingerprint density at radius 2 is 1.72 bits per heavy atom. The molecule has 4 rings (SSSR count). The molecule has 2 aliphatic heterocycles. The fraction of sp³-hybridized carbons (Fsp3) is 0.520. The number of hydrogen-bond acceptors (Lipinski definition) is 6. The molecule has 0 aliphatic carbocycles.